The molecule has 3 rings (SSSR count). The smallest absolute Gasteiger partial charge is 0.309 e. The third-order valence-corrected chi connectivity index (χ3v) is 5.41. The van der Waals surface area contributed by atoms with Crippen molar-refractivity contribution in [2.24, 2.45) is 0 Å². The summed E-state index contributed by atoms with van der Waals surface area (Å²) in [6.45, 7) is 2.52. The van der Waals surface area contributed by atoms with Crippen molar-refractivity contribution in [3.8, 4) is 11.5 Å². The molecule has 1 unspecified atom stereocenters. The minimum Gasteiger partial charge on any atom is -0.497 e. The molecule has 2 amide bonds. The number of nitrogens with one attached hydrogen (secondary N) is 2. The minimum atomic E-state index is -0.648. The van der Waals surface area contributed by atoms with E-state index in [4.69, 9.17) is 9.47 Å². The second-order valence-corrected chi connectivity index (χ2v) is 7.45. The van der Waals surface area contributed by atoms with Crippen molar-refractivity contribution in [2.45, 2.75) is 45.1 Å². The van der Waals surface area contributed by atoms with E-state index in [0.29, 0.717) is 5.75 Å². The van der Waals surface area contributed by atoms with E-state index in [-0.39, 0.29) is 19.2 Å². The Labute approximate surface area is 178 Å². The van der Waals surface area contributed by atoms with Gasteiger partial charge in [0.15, 0.2) is 0 Å². The second-order valence-electron chi connectivity index (χ2n) is 7.45. The van der Waals surface area contributed by atoms with Gasteiger partial charge < -0.3 is 20.1 Å². The molecule has 2 aromatic carbocycles. The van der Waals surface area contributed by atoms with Crippen molar-refractivity contribution in [2.75, 3.05) is 20.3 Å². The molecule has 6 heteroatoms. The molecule has 0 saturated heterocycles. The van der Waals surface area contributed by atoms with Gasteiger partial charge >= 0.3 is 11.8 Å². The van der Waals surface area contributed by atoms with Crippen molar-refractivity contribution in [1.29, 1.82) is 0 Å². The summed E-state index contributed by atoms with van der Waals surface area (Å²) in [6.07, 6.45) is 5.38. The number of hydrogen-bond acceptors (Lipinski definition) is 4. The van der Waals surface area contributed by atoms with Crippen molar-refractivity contribution < 1.29 is 19.1 Å². The first-order valence-corrected chi connectivity index (χ1v) is 10.6. The molecule has 2 aromatic rings. The lowest BCUT2D eigenvalue weighted by Gasteiger charge is -2.21. The lowest BCUT2D eigenvalue weighted by atomic mass is 9.89. The van der Waals surface area contributed by atoms with Crippen LogP contribution in [0.2, 0.25) is 0 Å². The molecule has 1 atom stereocenters. The van der Waals surface area contributed by atoms with Crippen molar-refractivity contribution in [1.82, 2.24) is 10.6 Å². The van der Waals surface area contributed by atoms with E-state index >= 15 is 0 Å². The van der Waals surface area contributed by atoms with Gasteiger partial charge in [-0.05, 0) is 73.1 Å². The fraction of sp³-hybridized carbons (Fsp3) is 0.417. The van der Waals surface area contributed by atoms with Gasteiger partial charge in [-0.3, -0.25) is 9.59 Å². The van der Waals surface area contributed by atoms with Crippen LogP contribution in [0.3, 0.4) is 0 Å². The Hall–Kier alpha value is -3.02. The van der Waals surface area contributed by atoms with Gasteiger partial charge in [-0.25, -0.2) is 0 Å². The molecule has 1 aliphatic rings. The third-order valence-electron chi connectivity index (χ3n) is 5.41. The number of ether oxygens (including phenoxy) is 2. The topological polar surface area (TPSA) is 76.7 Å². The second kappa shape index (κ2) is 10.7. The molecule has 0 radical (unpaired) electrons. The largest absolute Gasteiger partial charge is 0.497 e. The van der Waals surface area contributed by atoms with Gasteiger partial charge in [0.1, 0.15) is 18.1 Å². The molecule has 0 saturated carbocycles. The number of fused-ring (bicyclic) bond motifs is 1. The molecule has 2 N–H and O–H groups in total. The van der Waals surface area contributed by atoms with Gasteiger partial charge in [0.25, 0.3) is 0 Å². The molecule has 6 nitrogen and oxygen atoms in total. The number of amides is 2. The van der Waals surface area contributed by atoms with E-state index < -0.39 is 11.8 Å². The molecule has 0 fully saturated rings. The summed E-state index contributed by atoms with van der Waals surface area (Å²) in [5, 5.41) is 5.46. The molecule has 30 heavy (non-hydrogen) atoms. The number of methoxy groups -OCH3 is 1. The fourth-order valence-corrected chi connectivity index (χ4v) is 3.70. The molecule has 0 heterocycles. The average Bonchev–Trinajstić information content (AvgIpc) is 2.80. The molecule has 0 bridgehead atoms. The highest BCUT2D eigenvalue weighted by Crippen LogP contribution is 2.26. The highest BCUT2D eigenvalue weighted by atomic mass is 16.5. The van der Waals surface area contributed by atoms with Crippen LogP contribution >= 0.6 is 0 Å². The van der Waals surface area contributed by atoms with Crippen LogP contribution in [0.5, 0.6) is 11.5 Å². The van der Waals surface area contributed by atoms with Crippen LogP contribution in [0.25, 0.3) is 0 Å². The summed E-state index contributed by atoms with van der Waals surface area (Å²) in [5.74, 6) is 0.151. The molecule has 1 aliphatic carbocycles. The van der Waals surface area contributed by atoms with Crippen LogP contribution in [0.4, 0.5) is 0 Å². The van der Waals surface area contributed by atoms with Crippen LogP contribution in [-0.2, 0) is 22.4 Å². The SMILES string of the molecule is CCC(NC(=O)C(=O)NCCOc1ccc(OC)cc1)c1ccc2c(c1)CCCC2. The normalized spacial score (nSPS) is 13.7. The first kappa shape index (κ1) is 21.7. The molecule has 0 aliphatic heterocycles. The van der Waals surface area contributed by atoms with E-state index in [1.807, 2.05) is 6.92 Å². The van der Waals surface area contributed by atoms with Gasteiger partial charge in [0, 0.05) is 0 Å². The maximum Gasteiger partial charge on any atom is 0.309 e. The fourth-order valence-electron chi connectivity index (χ4n) is 3.70. The quantitative estimate of drug-likeness (QED) is 0.517. The number of aryl methyl sites for hydroxylation is 2. The van der Waals surface area contributed by atoms with Crippen LogP contribution < -0.4 is 20.1 Å². The van der Waals surface area contributed by atoms with Gasteiger partial charge in [-0.2, -0.15) is 0 Å². The van der Waals surface area contributed by atoms with Crippen LogP contribution in [0, 0.1) is 0 Å². The van der Waals surface area contributed by atoms with E-state index in [2.05, 4.69) is 28.8 Å². The van der Waals surface area contributed by atoms with Gasteiger partial charge in [-0.1, -0.05) is 25.1 Å². The lowest BCUT2D eigenvalue weighted by molar-refractivity contribution is -0.139. The number of carbonyl (C=O) groups is 2. The summed E-state index contributed by atoms with van der Waals surface area (Å²) >= 11 is 0. The average molecular weight is 411 g/mol. The maximum atomic E-state index is 12.3. The first-order valence-electron chi connectivity index (χ1n) is 10.6. The van der Waals surface area contributed by atoms with Crippen LogP contribution in [0.15, 0.2) is 42.5 Å². The molecular formula is C24H30N2O4. The van der Waals surface area contributed by atoms with Gasteiger partial charge in [-0.15, -0.1) is 0 Å². The lowest BCUT2D eigenvalue weighted by Crippen LogP contribution is -2.42. The Kier molecular flexibility index (Phi) is 7.71. The number of hydrogen-bond donors (Lipinski definition) is 2. The predicted molar refractivity (Wildman–Crippen MR) is 116 cm³/mol. The van der Waals surface area contributed by atoms with Crippen molar-refractivity contribution >= 4 is 11.8 Å². The summed E-state index contributed by atoms with van der Waals surface area (Å²) in [7, 11) is 1.60. The zero-order valence-corrected chi connectivity index (χ0v) is 17.7. The number of rotatable bonds is 8. The summed E-state index contributed by atoms with van der Waals surface area (Å²) in [6, 6.07) is 13.4. The Morgan fingerprint density at radius 1 is 0.967 bits per heavy atom. The Morgan fingerprint density at radius 3 is 2.37 bits per heavy atom. The zero-order valence-electron chi connectivity index (χ0n) is 17.7. The standard InChI is InChI=1S/C24H30N2O4/c1-3-22(19-9-8-17-6-4-5-7-18(17)16-19)26-24(28)23(27)25-14-15-30-21-12-10-20(29-2)11-13-21/h8-13,16,22H,3-7,14-15H2,1-2H3,(H,25,27)(H,26,28). The monoisotopic (exact) mass is 410 g/mol. The zero-order chi connectivity index (χ0) is 21.3. The summed E-state index contributed by atoms with van der Waals surface area (Å²) < 4.78 is 10.7. The predicted octanol–water partition coefficient (Wildman–Crippen LogP) is 3.34. The van der Waals surface area contributed by atoms with E-state index in [0.717, 1.165) is 30.6 Å². The van der Waals surface area contributed by atoms with E-state index in [1.54, 1.807) is 31.4 Å². The third kappa shape index (κ3) is 5.75. The van der Waals surface area contributed by atoms with E-state index in [9.17, 15) is 9.59 Å². The van der Waals surface area contributed by atoms with Crippen molar-refractivity contribution in [3.63, 3.8) is 0 Å². The summed E-state index contributed by atoms with van der Waals surface area (Å²) in [5.41, 5.74) is 3.83. The highest BCUT2D eigenvalue weighted by Gasteiger charge is 2.20. The first-order chi connectivity index (χ1) is 14.6. The minimum absolute atomic E-state index is 0.175. The van der Waals surface area contributed by atoms with Gasteiger partial charge in [0.2, 0.25) is 0 Å². The molecular weight excluding hydrogens is 380 g/mol. The highest BCUT2D eigenvalue weighted by molar-refractivity contribution is 6.35. The maximum absolute atomic E-state index is 12.3. The Morgan fingerprint density at radius 2 is 1.67 bits per heavy atom. The molecule has 0 aromatic heterocycles. The molecule has 0 spiro atoms. The Bertz CT molecular complexity index is 864. The summed E-state index contributed by atoms with van der Waals surface area (Å²) in [4.78, 5) is 24.5. The van der Waals surface area contributed by atoms with Crippen molar-refractivity contribution in [3.05, 3.63) is 59.2 Å². The van der Waals surface area contributed by atoms with E-state index in [1.165, 1.54) is 24.0 Å². The van der Waals surface area contributed by atoms with Crippen LogP contribution in [0.1, 0.15) is 48.9 Å². The number of carbonyl (C=O) groups excluding carboxylic acids is 2. The van der Waals surface area contributed by atoms with Gasteiger partial charge in [0.05, 0.1) is 19.7 Å². The van der Waals surface area contributed by atoms with Crippen LogP contribution in [-0.4, -0.2) is 32.1 Å². The Balaban J connectivity index is 1.46. The molecule has 160 valence electrons. The number of benzene rings is 2.